The Morgan fingerprint density at radius 3 is 2.56 bits per heavy atom. The summed E-state index contributed by atoms with van der Waals surface area (Å²) in [7, 11) is 0. The normalized spacial score (nSPS) is 14.8. The molecule has 0 spiro atoms. The number of amides is 1. The Hall–Kier alpha value is -3.40. The number of alkyl carbamates (subject to hydrolysis) is 1. The molecule has 3 aromatic rings. The Balaban J connectivity index is 1.38. The standard InChI is InChI=1S/C25H26Cl2N6O3/c26-18-8-4-7-17(20(18)27)21(28)22-23(29)31-19(13-30-22)33-11-9-25(15-34,10-12-33)32-24(35)36-14-16-5-2-1-3-6-16/h1-8,13,28,34H,9-12,14-15H2,(H2,29,31)(H,32,35). The van der Waals surface area contributed by atoms with Crippen molar-refractivity contribution in [1.82, 2.24) is 15.3 Å². The number of hydrogen-bond acceptors (Lipinski definition) is 8. The lowest BCUT2D eigenvalue weighted by Crippen LogP contribution is -2.57. The van der Waals surface area contributed by atoms with Gasteiger partial charge in [-0.3, -0.25) is 5.41 Å². The Bertz CT molecular complexity index is 1250. The maximum Gasteiger partial charge on any atom is 0.407 e. The number of hydrogen-bond donors (Lipinski definition) is 4. The van der Waals surface area contributed by atoms with Gasteiger partial charge in [0.15, 0.2) is 5.82 Å². The third kappa shape index (κ3) is 5.70. The highest BCUT2D eigenvalue weighted by Crippen LogP contribution is 2.29. The van der Waals surface area contributed by atoms with E-state index in [9.17, 15) is 9.90 Å². The fourth-order valence-corrected chi connectivity index (χ4v) is 4.42. The van der Waals surface area contributed by atoms with Gasteiger partial charge in [-0.05, 0) is 24.5 Å². The topological polar surface area (TPSA) is 137 Å². The van der Waals surface area contributed by atoms with Crippen molar-refractivity contribution in [3.63, 3.8) is 0 Å². The van der Waals surface area contributed by atoms with Gasteiger partial charge < -0.3 is 25.8 Å². The molecule has 2 aromatic carbocycles. The van der Waals surface area contributed by atoms with Crippen molar-refractivity contribution in [3.8, 4) is 0 Å². The largest absolute Gasteiger partial charge is 0.445 e. The molecule has 4 rings (SSSR count). The number of aromatic nitrogens is 2. The predicted octanol–water partition coefficient (Wildman–Crippen LogP) is 4.04. The Morgan fingerprint density at radius 1 is 1.17 bits per heavy atom. The molecule has 1 aliphatic heterocycles. The summed E-state index contributed by atoms with van der Waals surface area (Å²) < 4.78 is 5.32. The number of ether oxygens (including phenoxy) is 1. The third-order valence-electron chi connectivity index (χ3n) is 6.17. The van der Waals surface area contributed by atoms with Gasteiger partial charge in [0.1, 0.15) is 18.1 Å². The van der Waals surface area contributed by atoms with Crippen LogP contribution in [0.25, 0.3) is 0 Å². The van der Waals surface area contributed by atoms with Crippen molar-refractivity contribution >= 4 is 46.6 Å². The number of nitrogens with zero attached hydrogens (tertiary/aromatic N) is 3. The fraction of sp³-hybridized carbons (Fsp3) is 0.280. The highest BCUT2D eigenvalue weighted by atomic mass is 35.5. The highest BCUT2D eigenvalue weighted by molar-refractivity contribution is 6.44. The van der Waals surface area contributed by atoms with E-state index in [-0.39, 0.29) is 35.5 Å². The maximum absolute atomic E-state index is 12.4. The summed E-state index contributed by atoms with van der Waals surface area (Å²) in [6.07, 6.45) is 1.92. The van der Waals surface area contributed by atoms with Gasteiger partial charge in [-0.15, -0.1) is 0 Å². The molecule has 5 N–H and O–H groups in total. The van der Waals surface area contributed by atoms with Gasteiger partial charge in [0.2, 0.25) is 0 Å². The van der Waals surface area contributed by atoms with Crippen molar-refractivity contribution in [2.24, 2.45) is 0 Å². The first-order valence-electron chi connectivity index (χ1n) is 11.3. The molecular weight excluding hydrogens is 503 g/mol. The summed E-state index contributed by atoms with van der Waals surface area (Å²) in [5.41, 5.74) is 6.87. The second-order valence-electron chi connectivity index (χ2n) is 8.55. The minimum absolute atomic E-state index is 0.0233. The van der Waals surface area contributed by atoms with Gasteiger partial charge in [0.05, 0.1) is 34.1 Å². The van der Waals surface area contributed by atoms with E-state index >= 15 is 0 Å². The van der Waals surface area contributed by atoms with Gasteiger partial charge in [0.25, 0.3) is 0 Å². The molecule has 1 aromatic heterocycles. The summed E-state index contributed by atoms with van der Waals surface area (Å²) in [6.45, 7) is 0.942. The van der Waals surface area contributed by atoms with Crippen LogP contribution < -0.4 is 16.0 Å². The lowest BCUT2D eigenvalue weighted by molar-refractivity contribution is 0.0952. The lowest BCUT2D eigenvalue weighted by Gasteiger charge is -2.41. The van der Waals surface area contributed by atoms with E-state index in [2.05, 4.69) is 15.3 Å². The lowest BCUT2D eigenvalue weighted by atomic mass is 9.88. The Kier molecular flexibility index (Phi) is 7.93. The average molecular weight is 529 g/mol. The van der Waals surface area contributed by atoms with Crippen LogP contribution in [0, 0.1) is 5.41 Å². The van der Waals surface area contributed by atoms with E-state index in [0.29, 0.717) is 42.3 Å². The highest BCUT2D eigenvalue weighted by Gasteiger charge is 2.36. The van der Waals surface area contributed by atoms with Crippen LogP contribution in [-0.4, -0.2) is 52.1 Å². The van der Waals surface area contributed by atoms with Crippen molar-refractivity contribution in [1.29, 1.82) is 5.41 Å². The number of carbonyl (C=O) groups excluding carboxylic acids is 1. The van der Waals surface area contributed by atoms with E-state index in [1.54, 1.807) is 24.4 Å². The first kappa shape index (κ1) is 25.7. The number of nitrogens with one attached hydrogen (secondary N) is 2. The molecule has 0 aliphatic carbocycles. The van der Waals surface area contributed by atoms with Crippen LogP contribution >= 0.6 is 23.2 Å². The minimum Gasteiger partial charge on any atom is -0.445 e. The molecule has 11 heteroatoms. The maximum atomic E-state index is 12.4. The molecule has 0 saturated carbocycles. The van der Waals surface area contributed by atoms with Crippen LogP contribution in [0.3, 0.4) is 0 Å². The van der Waals surface area contributed by atoms with E-state index in [0.717, 1.165) is 5.56 Å². The molecule has 1 saturated heterocycles. The number of anilines is 2. The van der Waals surface area contributed by atoms with Gasteiger partial charge in [-0.1, -0.05) is 65.7 Å². The molecule has 0 radical (unpaired) electrons. The van der Waals surface area contributed by atoms with Crippen LogP contribution in [0.5, 0.6) is 0 Å². The van der Waals surface area contributed by atoms with E-state index in [1.807, 2.05) is 35.2 Å². The van der Waals surface area contributed by atoms with E-state index in [4.69, 9.17) is 39.1 Å². The van der Waals surface area contributed by atoms with Crippen LogP contribution in [-0.2, 0) is 11.3 Å². The molecule has 0 bridgehead atoms. The van der Waals surface area contributed by atoms with Crippen molar-refractivity contribution in [3.05, 3.63) is 81.6 Å². The number of halogens is 2. The van der Waals surface area contributed by atoms with Crippen LogP contribution in [0.4, 0.5) is 16.4 Å². The Labute approximate surface area is 218 Å². The summed E-state index contributed by atoms with van der Waals surface area (Å²) in [6, 6.07) is 14.4. The van der Waals surface area contributed by atoms with E-state index < -0.39 is 11.6 Å². The number of nitrogen functional groups attached to an aromatic ring is 1. The zero-order chi connectivity index (χ0) is 25.7. The van der Waals surface area contributed by atoms with Crippen molar-refractivity contribution in [2.45, 2.75) is 25.0 Å². The summed E-state index contributed by atoms with van der Waals surface area (Å²) in [5.74, 6) is 0.634. The monoisotopic (exact) mass is 528 g/mol. The van der Waals surface area contributed by atoms with Crippen molar-refractivity contribution < 1.29 is 14.6 Å². The number of aliphatic hydroxyl groups is 1. The number of benzene rings is 2. The average Bonchev–Trinajstić information content (AvgIpc) is 2.89. The molecule has 188 valence electrons. The molecule has 1 amide bonds. The SMILES string of the molecule is N=C(c1cccc(Cl)c1Cl)c1ncc(N2CCC(CO)(NC(=O)OCc3ccccc3)CC2)nc1N. The number of aliphatic hydroxyl groups excluding tert-OH is 1. The molecule has 36 heavy (non-hydrogen) atoms. The molecule has 9 nitrogen and oxygen atoms in total. The molecule has 2 heterocycles. The number of carbonyl (C=O) groups is 1. The molecular formula is C25H26Cl2N6O3. The number of piperidine rings is 1. The van der Waals surface area contributed by atoms with Gasteiger partial charge >= 0.3 is 6.09 Å². The molecule has 0 atom stereocenters. The molecule has 0 unspecified atom stereocenters. The molecule has 1 fully saturated rings. The minimum atomic E-state index is -0.797. The van der Waals surface area contributed by atoms with Gasteiger partial charge in [-0.2, -0.15) is 0 Å². The summed E-state index contributed by atoms with van der Waals surface area (Å²) in [4.78, 5) is 23.1. The second-order valence-corrected chi connectivity index (χ2v) is 9.34. The van der Waals surface area contributed by atoms with Gasteiger partial charge in [-0.25, -0.2) is 14.8 Å². The zero-order valence-electron chi connectivity index (χ0n) is 19.4. The van der Waals surface area contributed by atoms with Gasteiger partial charge in [0, 0.05) is 18.7 Å². The summed E-state index contributed by atoms with van der Waals surface area (Å²) >= 11 is 12.3. The van der Waals surface area contributed by atoms with Crippen LogP contribution in [0.15, 0.2) is 54.7 Å². The first-order chi connectivity index (χ1) is 17.3. The second kappa shape index (κ2) is 11.1. The quantitative estimate of drug-likeness (QED) is 0.339. The van der Waals surface area contributed by atoms with Crippen LogP contribution in [0.1, 0.15) is 29.7 Å². The first-order valence-corrected chi connectivity index (χ1v) is 12.1. The number of rotatable bonds is 7. The van der Waals surface area contributed by atoms with Crippen LogP contribution in [0.2, 0.25) is 10.0 Å². The number of nitrogens with two attached hydrogens (primary N) is 1. The summed E-state index contributed by atoms with van der Waals surface area (Å²) in [5, 5.41) is 21.9. The smallest absolute Gasteiger partial charge is 0.407 e. The fourth-order valence-electron chi connectivity index (χ4n) is 4.03. The van der Waals surface area contributed by atoms with Crippen molar-refractivity contribution in [2.75, 3.05) is 30.3 Å². The Morgan fingerprint density at radius 2 is 1.89 bits per heavy atom. The zero-order valence-corrected chi connectivity index (χ0v) is 20.9. The van der Waals surface area contributed by atoms with E-state index in [1.165, 1.54) is 0 Å². The predicted molar refractivity (Wildman–Crippen MR) is 140 cm³/mol. The molecule has 1 aliphatic rings. The third-order valence-corrected chi connectivity index (χ3v) is 6.99.